The molecule has 0 unspecified atom stereocenters. The Morgan fingerprint density at radius 2 is 2.16 bits per heavy atom. The first-order chi connectivity index (χ1) is 9.10. The topological polar surface area (TPSA) is 64.3 Å². The summed E-state index contributed by atoms with van der Waals surface area (Å²) in [6.45, 7) is 2.55. The molecular formula is C14H16N2O2S. The van der Waals surface area contributed by atoms with Crippen molar-refractivity contribution in [2.75, 3.05) is 12.8 Å². The van der Waals surface area contributed by atoms with Crippen LogP contribution in [0.5, 0.6) is 5.75 Å². The Morgan fingerprint density at radius 3 is 2.79 bits per heavy atom. The molecule has 1 aromatic heterocycles. The van der Waals surface area contributed by atoms with E-state index >= 15 is 0 Å². The van der Waals surface area contributed by atoms with E-state index in [0.717, 1.165) is 5.56 Å². The van der Waals surface area contributed by atoms with Gasteiger partial charge in [0.25, 0.3) is 5.91 Å². The number of carbonyl (C=O) groups is 1. The van der Waals surface area contributed by atoms with Gasteiger partial charge in [0.2, 0.25) is 0 Å². The first-order valence-electron chi connectivity index (χ1n) is 5.84. The molecule has 4 nitrogen and oxygen atoms in total. The fourth-order valence-electron chi connectivity index (χ4n) is 1.72. The van der Waals surface area contributed by atoms with E-state index in [-0.39, 0.29) is 5.91 Å². The highest BCUT2D eigenvalue weighted by Gasteiger charge is 2.09. The second-order valence-corrected chi connectivity index (χ2v) is 5.00. The van der Waals surface area contributed by atoms with Gasteiger partial charge in [-0.15, -0.1) is 0 Å². The Balaban J connectivity index is 2.08. The molecule has 1 aromatic carbocycles. The van der Waals surface area contributed by atoms with Crippen molar-refractivity contribution in [1.29, 1.82) is 0 Å². The third kappa shape index (κ3) is 3.26. The first-order valence-corrected chi connectivity index (χ1v) is 6.79. The fraction of sp³-hybridized carbons (Fsp3) is 0.214. The zero-order valence-corrected chi connectivity index (χ0v) is 11.7. The number of hydrogen-bond donors (Lipinski definition) is 2. The lowest BCUT2D eigenvalue weighted by Gasteiger charge is -2.08. The summed E-state index contributed by atoms with van der Waals surface area (Å²) in [6, 6.07) is 4.99. The van der Waals surface area contributed by atoms with Gasteiger partial charge in [-0.25, -0.2) is 0 Å². The minimum atomic E-state index is -0.156. The molecule has 2 aromatic rings. The van der Waals surface area contributed by atoms with Crippen LogP contribution in [0.3, 0.4) is 0 Å². The van der Waals surface area contributed by atoms with Crippen LogP contribution in [-0.4, -0.2) is 13.0 Å². The fourth-order valence-corrected chi connectivity index (χ4v) is 2.57. The number of thiophene rings is 1. The van der Waals surface area contributed by atoms with Gasteiger partial charge in [0.15, 0.2) is 0 Å². The number of aryl methyl sites for hydroxylation is 1. The minimum Gasteiger partial charge on any atom is -0.497 e. The Hall–Kier alpha value is -2.01. The van der Waals surface area contributed by atoms with E-state index in [1.807, 2.05) is 12.3 Å². The number of nitrogens with one attached hydrogen (secondary N) is 1. The molecule has 0 fully saturated rings. The third-order valence-electron chi connectivity index (χ3n) is 2.83. The van der Waals surface area contributed by atoms with E-state index in [1.54, 1.807) is 36.6 Å². The molecule has 1 amide bonds. The average Bonchev–Trinajstić information content (AvgIpc) is 2.80. The minimum absolute atomic E-state index is 0.156. The number of methoxy groups -OCH3 is 1. The number of carbonyl (C=O) groups excluding carboxylic acids is 1. The SMILES string of the molecule is COc1cc(N)cc(C(=O)NCc2cscc2C)c1. The summed E-state index contributed by atoms with van der Waals surface area (Å²) in [5, 5.41) is 6.98. The molecule has 0 saturated carbocycles. The van der Waals surface area contributed by atoms with Crippen LogP contribution in [0.2, 0.25) is 0 Å². The lowest BCUT2D eigenvalue weighted by molar-refractivity contribution is 0.0950. The number of ether oxygens (including phenoxy) is 1. The number of nitrogen functional groups attached to an aromatic ring is 1. The quantitative estimate of drug-likeness (QED) is 0.844. The third-order valence-corrected chi connectivity index (χ3v) is 3.74. The molecule has 0 radical (unpaired) electrons. The van der Waals surface area contributed by atoms with Crippen molar-refractivity contribution in [2.24, 2.45) is 0 Å². The molecule has 19 heavy (non-hydrogen) atoms. The van der Waals surface area contributed by atoms with E-state index < -0.39 is 0 Å². The number of anilines is 1. The smallest absolute Gasteiger partial charge is 0.251 e. The number of rotatable bonds is 4. The predicted octanol–water partition coefficient (Wildman–Crippen LogP) is 2.58. The van der Waals surface area contributed by atoms with Gasteiger partial charge in [0, 0.05) is 23.9 Å². The second-order valence-electron chi connectivity index (χ2n) is 4.26. The highest BCUT2D eigenvalue weighted by molar-refractivity contribution is 7.08. The molecule has 5 heteroatoms. The second kappa shape index (κ2) is 5.75. The van der Waals surface area contributed by atoms with Gasteiger partial charge in [-0.05, 0) is 40.9 Å². The van der Waals surface area contributed by atoms with Gasteiger partial charge < -0.3 is 15.8 Å². The summed E-state index contributed by atoms with van der Waals surface area (Å²) in [5.41, 5.74) is 9.07. The van der Waals surface area contributed by atoms with Crippen molar-refractivity contribution >= 4 is 22.9 Å². The van der Waals surface area contributed by atoms with Gasteiger partial charge in [0.1, 0.15) is 5.75 Å². The van der Waals surface area contributed by atoms with Crippen molar-refractivity contribution in [3.63, 3.8) is 0 Å². The maximum atomic E-state index is 12.1. The van der Waals surface area contributed by atoms with Crippen LogP contribution in [-0.2, 0) is 6.54 Å². The summed E-state index contributed by atoms with van der Waals surface area (Å²) < 4.78 is 5.10. The van der Waals surface area contributed by atoms with Crippen molar-refractivity contribution in [2.45, 2.75) is 13.5 Å². The van der Waals surface area contributed by atoms with E-state index in [9.17, 15) is 4.79 Å². The van der Waals surface area contributed by atoms with Crippen molar-refractivity contribution in [3.05, 3.63) is 45.6 Å². The highest BCUT2D eigenvalue weighted by atomic mass is 32.1. The number of nitrogens with two attached hydrogens (primary N) is 1. The molecule has 1 heterocycles. The molecule has 0 aliphatic carbocycles. The van der Waals surface area contributed by atoms with Crippen LogP contribution in [0.1, 0.15) is 21.5 Å². The van der Waals surface area contributed by atoms with Crippen LogP contribution in [0.15, 0.2) is 29.0 Å². The van der Waals surface area contributed by atoms with E-state index in [0.29, 0.717) is 23.5 Å². The molecule has 100 valence electrons. The molecule has 0 aliphatic heterocycles. The van der Waals surface area contributed by atoms with Gasteiger partial charge in [0.05, 0.1) is 7.11 Å². The standard InChI is InChI=1S/C14H16N2O2S/c1-9-7-19-8-11(9)6-16-14(17)10-3-12(15)5-13(4-10)18-2/h3-5,7-8H,6,15H2,1-2H3,(H,16,17). The maximum Gasteiger partial charge on any atom is 0.251 e. The van der Waals surface area contributed by atoms with E-state index in [2.05, 4.69) is 10.7 Å². The Bertz CT molecular complexity index is 593. The normalized spacial score (nSPS) is 10.2. The largest absolute Gasteiger partial charge is 0.497 e. The van der Waals surface area contributed by atoms with Crippen LogP contribution in [0.4, 0.5) is 5.69 Å². The first kappa shape index (κ1) is 13.4. The Kier molecular flexibility index (Phi) is 4.06. The lowest BCUT2D eigenvalue weighted by atomic mass is 10.1. The molecule has 0 aliphatic rings. The summed E-state index contributed by atoms with van der Waals surface area (Å²) in [7, 11) is 1.55. The van der Waals surface area contributed by atoms with Crippen molar-refractivity contribution in [1.82, 2.24) is 5.32 Å². The van der Waals surface area contributed by atoms with Crippen LogP contribution in [0.25, 0.3) is 0 Å². The Morgan fingerprint density at radius 1 is 1.37 bits per heavy atom. The maximum absolute atomic E-state index is 12.1. The zero-order valence-electron chi connectivity index (χ0n) is 10.9. The van der Waals surface area contributed by atoms with Crippen LogP contribution in [0, 0.1) is 6.92 Å². The Labute approximate surface area is 116 Å². The summed E-state index contributed by atoms with van der Waals surface area (Å²) in [4.78, 5) is 12.1. The number of amides is 1. The van der Waals surface area contributed by atoms with Crippen LogP contribution >= 0.6 is 11.3 Å². The van der Waals surface area contributed by atoms with Gasteiger partial charge in [-0.3, -0.25) is 4.79 Å². The van der Waals surface area contributed by atoms with Gasteiger partial charge in [-0.2, -0.15) is 11.3 Å². The molecule has 0 atom stereocenters. The number of benzene rings is 1. The van der Waals surface area contributed by atoms with Crippen molar-refractivity contribution < 1.29 is 9.53 Å². The van der Waals surface area contributed by atoms with E-state index in [4.69, 9.17) is 10.5 Å². The molecule has 0 saturated heterocycles. The zero-order chi connectivity index (χ0) is 13.8. The monoisotopic (exact) mass is 276 g/mol. The summed E-state index contributed by atoms with van der Waals surface area (Å²) in [6.07, 6.45) is 0. The summed E-state index contributed by atoms with van der Waals surface area (Å²) in [5.74, 6) is 0.424. The van der Waals surface area contributed by atoms with E-state index in [1.165, 1.54) is 5.56 Å². The van der Waals surface area contributed by atoms with Gasteiger partial charge >= 0.3 is 0 Å². The molecule has 0 spiro atoms. The van der Waals surface area contributed by atoms with Crippen LogP contribution < -0.4 is 15.8 Å². The highest BCUT2D eigenvalue weighted by Crippen LogP contribution is 2.19. The lowest BCUT2D eigenvalue weighted by Crippen LogP contribution is -2.23. The van der Waals surface area contributed by atoms with Gasteiger partial charge in [-0.1, -0.05) is 0 Å². The summed E-state index contributed by atoms with van der Waals surface area (Å²) >= 11 is 1.63. The van der Waals surface area contributed by atoms with Crippen molar-refractivity contribution in [3.8, 4) is 5.75 Å². The molecule has 3 N–H and O–H groups in total. The average molecular weight is 276 g/mol. The number of hydrogen-bond acceptors (Lipinski definition) is 4. The predicted molar refractivity (Wildman–Crippen MR) is 77.6 cm³/mol. The molecule has 0 bridgehead atoms. The molecular weight excluding hydrogens is 260 g/mol. The molecule has 2 rings (SSSR count).